The van der Waals surface area contributed by atoms with Crippen molar-refractivity contribution in [1.29, 1.82) is 0 Å². The number of rotatable bonds is 6. The molecule has 0 spiro atoms. The molecule has 11 aromatic rings. The van der Waals surface area contributed by atoms with Crippen LogP contribution >= 0.6 is 0 Å². The number of benzene rings is 7. The van der Waals surface area contributed by atoms with E-state index in [9.17, 15) is 0 Å². The third-order valence-corrected chi connectivity index (χ3v) is 11.2. The molecule has 0 saturated carbocycles. The number of hydrogen-bond acceptors (Lipinski definition) is 3. The van der Waals surface area contributed by atoms with Gasteiger partial charge in [0, 0.05) is 32.7 Å². The lowest BCUT2D eigenvalue weighted by Gasteiger charge is -2.13. The van der Waals surface area contributed by atoms with Crippen molar-refractivity contribution < 1.29 is 0 Å². The van der Waals surface area contributed by atoms with E-state index in [1.54, 1.807) is 0 Å². The molecule has 0 aliphatic rings. The molecule has 4 heterocycles. The van der Waals surface area contributed by atoms with E-state index in [1.807, 2.05) is 18.2 Å². The minimum atomic E-state index is 0.543. The van der Waals surface area contributed by atoms with Gasteiger partial charge in [-0.3, -0.25) is 4.57 Å². The van der Waals surface area contributed by atoms with Crippen LogP contribution in [0.2, 0.25) is 0 Å². The van der Waals surface area contributed by atoms with Crippen LogP contribution in [0.15, 0.2) is 189 Å². The Morgan fingerprint density at radius 2 is 0.983 bits per heavy atom. The van der Waals surface area contributed by atoms with Gasteiger partial charge < -0.3 is 4.40 Å². The number of fused-ring (bicyclic) bond motifs is 8. The van der Waals surface area contributed by atoms with Gasteiger partial charge in [-0.2, -0.15) is 9.97 Å². The van der Waals surface area contributed by atoms with Crippen molar-refractivity contribution in [2.75, 3.05) is 0 Å². The third-order valence-electron chi connectivity index (χ3n) is 11.2. The maximum Gasteiger partial charge on any atom is 0.238 e. The van der Waals surface area contributed by atoms with E-state index in [4.69, 9.17) is 15.0 Å². The second-order valence-electron chi connectivity index (χ2n) is 14.6. The molecule has 0 radical (unpaired) electrons. The maximum absolute atomic E-state index is 5.34. The summed E-state index contributed by atoms with van der Waals surface area (Å²) < 4.78 is 4.54. The minimum Gasteiger partial charge on any atom is -0.309 e. The van der Waals surface area contributed by atoms with Crippen molar-refractivity contribution in [2.24, 2.45) is 0 Å². The van der Waals surface area contributed by atoms with Gasteiger partial charge in [-0.15, -0.1) is 0 Å². The molecule has 272 valence electrons. The Morgan fingerprint density at radius 1 is 0.414 bits per heavy atom. The Kier molecular flexibility index (Phi) is 7.73. The fourth-order valence-corrected chi connectivity index (χ4v) is 8.53. The molecule has 0 fully saturated rings. The molecule has 7 aromatic carbocycles. The fourth-order valence-electron chi connectivity index (χ4n) is 8.53. The molecular weight excluding hydrogens is 707 g/mol. The molecule has 0 aliphatic heterocycles. The summed E-state index contributed by atoms with van der Waals surface area (Å²) in [4.78, 5) is 15.9. The van der Waals surface area contributed by atoms with Gasteiger partial charge >= 0.3 is 0 Å². The Morgan fingerprint density at radius 3 is 1.64 bits per heavy atom. The van der Waals surface area contributed by atoms with Crippen LogP contribution in [0.25, 0.3) is 113 Å². The van der Waals surface area contributed by atoms with Gasteiger partial charge in [-0.1, -0.05) is 159 Å². The van der Waals surface area contributed by atoms with Crippen molar-refractivity contribution in [3.05, 3.63) is 199 Å². The normalized spacial score (nSPS) is 12.0. The highest BCUT2D eigenvalue weighted by Crippen LogP contribution is 2.36. The molecule has 4 aromatic heterocycles. The number of para-hydroxylation sites is 2. The topological polar surface area (TPSA) is 48.0 Å². The van der Waals surface area contributed by atoms with Crippen molar-refractivity contribution in [1.82, 2.24) is 23.9 Å². The second-order valence-corrected chi connectivity index (χ2v) is 14.6. The number of hydrogen-bond donors (Lipinski definition) is 0. The quantitative estimate of drug-likeness (QED) is 0.170. The summed E-state index contributed by atoms with van der Waals surface area (Å²) in [5.41, 5.74) is 11.5. The lowest BCUT2D eigenvalue weighted by molar-refractivity contribution is 0.953. The molecule has 0 N–H and O–H groups in total. The number of aromatic nitrogens is 5. The van der Waals surface area contributed by atoms with Crippen LogP contribution in [0.4, 0.5) is 0 Å². The standard InChI is InChI=1S/C53H35N5/c1-3-16-42-34(2)48-31-39-21-10-12-27-46(39)57(48)49-33-50-45(32-44(42)49)43-26-11-13-28-47(43)58(50)53-55-51(40-24-14-22-37(29-40)35-17-6-4-7-18-35)54-52(56-53)41-25-15-23-38(30-41)36-19-8-5-9-20-36/h3-33H,1-2H2/b42-16+. The highest BCUT2D eigenvalue weighted by molar-refractivity contribution is 6.14. The van der Waals surface area contributed by atoms with Crippen molar-refractivity contribution >= 4 is 61.8 Å². The number of allylic oxidation sites excluding steroid dienone is 1. The van der Waals surface area contributed by atoms with Crippen LogP contribution in [0.5, 0.6) is 0 Å². The summed E-state index contributed by atoms with van der Waals surface area (Å²) in [5.74, 6) is 1.73. The van der Waals surface area contributed by atoms with Gasteiger partial charge in [-0.05, 0) is 75.2 Å². The molecule has 5 heteroatoms. The third kappa shape index (κ3) is 5.36. The summed E-state index contributed by atoms with van der Waals surface area (Å²) in [6.07, 6.45) is 3.93. The average molecular weight is 742 g/mol. The van der Waals surface area contributed by atoms with Gasteiger partial charge in [-0.25, -0.2) is 4.98 Å². The van der Waals surface area contributed by atoms with Crippen LogP contribution in [0.3, 0.4) is 0 Å². The van der Waals surface area contributed by atoms with Gasteiger partial charge in [0.1, 0.15) is 0 Å². The zero-order valence-corrected chi connectivity index (χ0v) is 31.5. The van der Waals surface area contributed by atoms with E-state index in [0.29, 0.717) is 17.6 Å². The highest BCUT2D eigenvalue weighted by Gasteiger charge is 2.20. The van der Waals surface area contributed by atoms with Crippen LogP contribution in [-0.4, -0.2) is 23.9 Å². The van der Waals surface area contributed by atoms with E-state index >= 15 is 0 Å². The Balaban J connectivity index is 1.23. The second kappa shape index (κ2) is 13.4. The Hall–Kier alpha value is -7.89. The first-order valence-electron chi connectivity index (χ1n) is 19.4. The number of pyridine rings is 1. The van der Waals surface area contributed by atoms with E-state index in [1.165, 1.54) is 0 Å². The fraction of sp³-hybridized carbons (Fsp3) is 0. The molecule has 0 aliphatic carbocycles. The Labute approximate surface area is 334 Å². The molecule has 0 bridgehead atoms. The summed E-state index contributed by atoms with van der Waals surface area (Å²) in [6.45, 7) is 8.68. The van der Waals surface area contributed by atoms with Crippen molar-refractivity contribution in [2.45, 2.75) is 0 Å². The number of nitrogens with zero attached hydrogens (tertiary/aromatic N) is 5. The van der Waals surface area contributed by atoms with Gasteiger partial charge in [0.25, 0.3) is 0 Å². The van der Waals surface area contributed by atoms with Crippen molar-refractivity contribution in [3.63, 3.8) is 0 Å². The predicted molar refractivity (Wildman–Crippen MR) is 241 cm³/mol. The molecule has 0 saturated heterocycles. The van der Waals surface area contributed by atoms with Crippen LogP contribution in [-0.2, 0) is 0 Å². The Bertz CT molecular complexity index is 3440. The van der Waals surface area contributed by atoms with E-state index < -0.39 is 0 Å². The minimum absolute atomic E-state index is 0.543. The summed E-state index contributed by atoms with van der Waals surface area (Å²) in [5, 5.41) is 6.48. The first-order chi connectivity index (χ1) is 28.6. The first kappa shape index (κ1) is 33.4. The average Bonchev–Trinajstić information content (AvgIpc) is 3.84. The largest absolute Gasteiger partial charge is 0.309 e. The molecule has 0 unspecified atom stereocenters. The van der Waals surface area contributed by atoms with Crippen LogP contribution in [0.1, 0.15) is 0 Å². The van der Waals surface area contributed by atoms with Crippen LogP contribution < -0.4 is 10.4 Å². The molecule has 5 nitrogen and oxygen atoms in total. The SMILES string of the molecule is C=C/C=c1\c(=C)c2cc3ccccc3n2c2cc3c(cc12)c1ccccc1n3-c1nc(-c2cccc(-c3ccccc3)c2)nc(-c2cccc(-c3ccccc3)c2)n1. The lowest BCUT2D eigenvalue weighted by atomic mass is 10.0. The summed E-state index contributed by atoms with van der Waals surface area (Å²) in [6, 6.07) is 61.6. The summed E-state index contributed by atoms with van der Waals surface area (Å²) in [7, 11) is 0. The van der Waals surface area contributed by atoms with Gasteiger partial charge in [0.05, 0.1) is 27.6 Å². The smallest absolute Gasteiger partial charge is 0.238 e. The first-order valence-corrected chi connectivity index (χ1v) is 19.4. The zero-order chi connectivity index (χ0) is 38.7. The molecule has 0 atom stereocenters. The summed E-state index contributed by atoms with van der Waals surface area (Å²) >= 11 is 0. The van der Waals surface area contributed by atoms with E-state index in [0.717, 1.165) is 92.9 Å². The van der Waals surface area contributed by atoms with E-state index in [2.05, 4.69) is 192 Å². The molecule has 0 amide bonds. The zero-order valence-electron chi connectivity index (χ0n) is 31.5. The van der Waals surface area contributed by atoms with Crippen molar-refractivity contribution in [3.8, 4) is 51.0 Å². The molecule has 58 heavy (non-hydrogen) atoms. The molecular formula is C53H35N5. The molecule has 11 rings (SSSR count). The van der Waals surface area contributed by atoms with Gasteiger partial charge in [0.15, 0.2) is 11.6 Å². The van der Waals surface area contributed by atoms with Gasteiger partial charge in [0.2, 0.25) is 5.95 Å². The van der Waals surface area contributed by atoms with Crippen LogP contribution in [0, 0.1) is 0 Å². The van der Waals surface area contributed by atoms with E-state index in [-0.39, 0.29) is 0 Å². The predicted octanol–water partition coefficient (Wildman–Crippen LogP) is 11.6. The lowest BCUT2D eigenvalue weighted by Crippen LogP contribution is -2.26. The maximum atomic E-state index is 5.34. The highest BCUT2D eigenvalue weighted by atomic mass is 15.2. The monoisotopic (exact) mass is 741 g/mol.